The summed E-state index contributed by atoms with van der Waals surface area (Å²) in [6.07, 6.45) is 0. The van der Waals surface area contributed by atoms with E-state index in [1.165, 1.54) is 0 Å². The number of nitrogens with two attached hydrogens (primary N) is 1. The van der Waals surface area contributed by atoms with Crippen molar-refractivity contribution in [1.29, 1.82) is 0 Å². The Morgan fingerprint density at radius 2 is 1.67 bits per heavy atom. The van der Waals surface area contributed by atoms with Gasteiger partial charge in [0.25, 0.3) is 0 Å². The molecule has 4 nitrogen and oxygen atoms in total. The smallest absolute Gasteiger partial charge is 0.244 e. The predicted molar refractivity (Wildman–Crippen MR) is 65.5 cm³/mol. The van der Waals surface area contributed by atoms with Crippen molar-refractivity contribution in [1.82, 2.24) is 9.34 Å². The second-order valence-corrected chi connectivity index (χ2v) is 7.04. The maximum Gasteiger partial charge on any atom is 0.244 e. The van der Waals surface area contributed by atoms with Gasteiger partial charge in [-0.25, -0.2) is 9.34 Å². The van der Waals surface area contributed by atoms with Gasteiger partial charge in [-0.1, -0.05) is 6.07 Å². The van der Waals surface area contributed by atoms with Crippen molar-refractivity contribution in [3.63, 3.8) is 0 Å². The van der Waals surface area contributed by atoms with E-state index in [2.05, 4.69) is 0 Å². The molecule has 0 heterocycles. The van der Waals surface area contributed by atoms with E-state index >= 15 is 0 Å². The quantitative estimate of drug-likeness (QED) is 0.623. The normalized spacial score (nSPS) is 12.4. The number of anilines is 1. The van der Waals surface area contributed by atoms with Crippen LogP contribution in [0.15, 0.2) is 24.3 Å². The van der Waals surface area contributed by atoms with Crippen LogP contribution in [-0.2, 0) is 4.57 Å². The Bertz CT molecular complexity index is 378. The largest absolute Gasteiger partial charge is 0.399 e. The van der Waals surface area contributed by atoms with Crippen LogP contribution in [0.4, 0.5) is 5.69 Å². The van der Waals surface area contributed by atoms with Crippen LogP contribution < -0.4 is 11.0 Å². The second-order valence-electron chi connectivity index (χ2n) is 3.83. The number of hydrogen-bond acceptors (Lipinski definition) is 2. The molecule has 5 heteroatoms. The third kappa shape index (κ3) is 2.23. The molecule has 0 bridgehead atoms. The first-order valence-corrected chi connectivity index (χ1v) is 6.32. The Labute approximate surface area is 91.2 Å². The van der Waals surface area contributed by atoms with E-state index in [-0.39, 0.29) is 0 Å². The minimum Gasteiger partial charge on any atom is -0.399 e. The van der Waals surface area contributed by atoms with Gasteiger partial charge in [0, 0.05) is 11.0 Å². The van der Waals surface area contributed by atoms with Gasteiger partial charge in [0.1, 0.15) is 0 Å². The molecular formula is C10H18N3OP. The fraction of sp³-hybridized carbons (Fsp3) is 0.400. The average molecular weight is 227 g/mol. The zero-order valence-electron chi connectivity index (χ0n) is 9.64. The van der Waals surface area contributed by atoms with Crippen molar-refractivity contribution in [2.45, 2.75) is 0 Å². The van der Waals surface area contributed by atoms with Crippen LogP contribution in [0.1, 0.15) is 0 Å². The molecule has 1 aromatic rings. The third-order valence-corrected chi connectivity index (χ3v) is 5.41. The van der Waals surface area contributed by atoms with Crippen molar-refractivity contribution in [2.75, 3.05) is 33.9 Å². The zero-order chi connectivity index (χ0) is 11.6. The van der Waals surface area contributed by atoms with Gasteiger partial charge < -0.3 is 5.73 Å². The van der Waals surface area contributed by atoms with Crippen LogP contribution in [0.3, 0.4) is 0 Å². The number of nitrogens with zero attached hydrogens (tertiary/aromatic N) is 2. The minimum atomic E-state index is -2.66. The summed E-state index contributed by atoms with van der Waals surface area (Å²) in [5.41, 5.74) is 6.33. The van der Waals surface area contributed by atoms with Crippen molar-refractivity contribution < 1.29 is 4.57 Å². The van der Waals surface area contributed by atoms with E-state index in [1.807, 2.05) is 40.3 Å². The average Bonchev–Trinajstić information content (AvgIpc) is 2.15. The first-order chi connectivity index (χ1) is 6.89. The highest BCUT2D eigenvalue weighted by molar-refractivity contribution is 7.67. The second kappa shape index (κ2) is 4.35. The van der Waals surface area contributed by atoms with Gasteiger partial charge in [-0.3, -0.25) is 4.57 Å². The van der Waals surface area contributed by atoms with Gasteiger partial charge >= 0.3 is 0 Å². The van der Waals surface area contributed by atoms with Crippen LogP contribution in [0.25, 0.3) is 0 Å². The van der Waals surface area contributed by atoms with E-state index in [0.717, 1.165) is 5.30 Å². The Hall–Kier alpha value is -0.830. The van der Waals surface area contributed by atoms with Gasteiger partial charge in [-0.05, 0) is 46.4 Å². The molecule has 15 heavy (non-hydrogen) atoms. The molecule has 0 saturated carbocycles. The Kier molecular flexibility index (Phi) is 3.55. The molecule has 0 aliphatic carbocycles. The monoisotopic (exact) mass is 227 g/mol. The maximum atomic E-state index is 12.8. The molecular weight excluding hydrogens is 209 g/mol. The van der Waals surface area contributed by atoms with Gasteiger partial charge in [-0.15, -0.1) is 0 Å². The van der Waals surface area contributed by atoms with Crippen LogP contribution >= 0.6 is 7.44 Å². The molecule has 1 rings (SSSR count). The van der Waals surface area contributed by atoms with Crippen LogP contribution in [0.5, 0.6) is 0 Å². The van der Waals surface area contributed by atoms with Crippen LogP contribution in [0, 0.1) is 0 Å². The predicted octanol–water partition coefficient (Wildman–Crippen LogP) is 1.21. The minimum absolute atomic E-state index is 0.636. The summed E-state index contributed by atoms with van der Waals surface area (Å²) in [6.45, 7) is 0. The lowest BCUT2D eigenvalue weighted by Crippen LogP contribution is -2.28. The summed E-state index contributed by atoms with van der Waals surface area (Å²) >= 11 is 0. The van der Waals surface area contributed by atoms with Crippen molar-refractivity contribution in [3.05, 3.63) is 24.3 Å². The molecule has 0 aromatic heterocycles. The SMILES string of the molecule is CN(C)P(=O)(c1cccc(N)c1)N(C)C. The van der Waals surface area contributed by atoms with E-state index in [1.54, 1.807) is 21.5 Å². The highest BCUT2D eigenvalue weighted by Crippen LogP contribution is 2.48. The number of rotatable bonds is 3. The molecule has 1 aromatic carbocycles. The molecule has 2 N–H and O–H groups in total. The van der Waals surface area contributed by atoms with Crippen molar-refractivity contribution in [2.24, 2.45) is 0 Å². The molecule has 0 atom stereocenters. The first-order valence-electron chi connectivity index (χ1n) is 4.71. The third-order valence-electron chi connectivity index (χ3n) is 2.29. The summed E-state index contributed by atoms with van der Waals surface area (Å²) < 4.78 is 16.2. The molecule has 0 radical (unpaired) electrons. The first kappa shape index (κ1) is 12.2. The molecule has 0 spiro atoms. The van der Waals surface area contributed by atoms with Gasteiger partial charge in [0.15, 0.2) is 0 Å². The fourth-order valence-corrected chi connectivity index (χ4v) is 3.76. The molecule has 0 unspecified atom stereocenters. The van der Waals surface area contributed by atoms with Gasteiger partial charge in [0.2, 0.25) is 7.44 Å². The fourth-order valence-electron chi connectivity index (χ4n) is 1.53. The highest BCUT2D eigenvalue weighted by atomic mass is 31.2. The van der Waals surface area contributed by atoms with E-state index in [9.17, 15) is 4.57 Å². The van der Waals surface area contributed by atoms with Crippen molar-refractivity contribution >= 4 is 18.4 Å². The molecule has 0 aliphatic rings. The molecule has 0 amide bonds. The lowest BCUT2D eigenvalue weighted by molar-refractivity contribution is 0.460. The van der Waals surface area contributed by atoms with Crippen molar-refractivity contribution in [3.8, 4) is 0 Å². The molecule has 0 saturated heterocycles. The Morgan fingerprint density at radius 3 is 2.07 bits per heavy atom. The number of nitrogen functional groups attached to an aromatic ring is 1. The van der Waals surface area contributed by atoms with Gasteiger partial charge in [-0.2, -0.15) is 0 Å². The van der Waals surface area contributed by atoms with Crippen LogP contribution in [-0.4, -0.2) is 37.5 Å². The number of benzene rings is 1. The Balaban J connectivity index is 3.28. The molecule has 0 fully saturated rings. The molecule has 0 aliphatic heterocycles. The zero-order valence-corrected chi connectivity index (χ0v) is 10.5. The standard InChI is InChI=1S/C10H18N3OP/c1-12(2)15(14,13(3)4)10-7-5-6-9(11)8-10/h5-8H,11H2,1-4H3. The summed E-state index contributed by atoms with van der Waals surface area (Å²) in [4.78, 5) is 0. The number of hydrogen-bond donors (Lipinski definition) is 1. The van der Waals surface area contributed by atoms with Gasteiger partial charge in [0.05, 0.1) is 0 Å². The Morgan fingerprint density at radius 1 is 1.13 bits per heavy atom. The summed E-state index contributed by atoms with van der Waals surface area (Å²) in [5.74, 6) is 0. The topological polar surface area (TPSA) is 49.6 Å². The summed E-state index contributed by atoms with van der Waals surface area (Å²) in [7, 11) is 4.58. The maximum absolute atomic E-state index is 12.8. The van der Waals surface area contributed by atoms with E-state index < -0.39 is 7.44 Å². The summed E-state index contributed by atoms with van der Waals surface area (Å²) in [5, 5.41) is 0.762. The van der Waals surface area contributed by atoms with E-state index in [0.29, 0.717) is 5.69 Å². The summed E-state index contributed by atoms with van der Waals surface area (Å²) in [6, 6.07) is 7.22. The highest BCUT2D eigenvalue weighted by Gasteiger charge is 2.30. The molecule has 84 valence electrons. The van der Waals surface area contributed by atoms with Crippen LogP contribution in [0.2, 0.25) is 0 Å². The van der Waals surface area contributed by atoms with E-state index in [4.69, 9.17) is 5.73 Å². The lowest BCUT2D eigenvalue weighted by atomic mass is 10.3. The lowest BCUT2D eigenvalue weighted by Gasteiger charge is -2.30.